The van der Waals surface area contributed by atoms with Gasteiger partial charge in [-0.25, -0.2) is 13.2 Å². The lowest BCUT2D eigenvalue weighted by Crippen LogP contribution is -2.44. The number of esters is 1. The Bertz CT molecular complexity index is 1150. The van der Waals surface area contributed by atoms with Gasteiger partial charge in [0.05, 0.1) is 19.6 Å². The van der Waals surface area contributed by atoms with Gasteiger partial charge in [-0.05, 0) is 64.8 Å². The zero-order valence-electron chi connectivity index (χ0n) is 20.4. The van der Waals surface area contributed by atoms with E-state index in [1.54, 1.807) is 56.7 Å². The third-order valence-corrected chi connectivity index (χ3v) is 8.26. The smallest absolute Gasteiger partial charge is 0.341 e. The fourth-order valence-electron chi connectivity index (χ4n) is 4.51. The van der Waals surface area contributed by atoms with Crippen molar-refractivity contribution in [3.63, 3.8) is 0 Å². The van der Waals surface area contributed by atoms with Gasteiger partial charge in [0.2, 0.25) is 15.9 Å². The lowest BCUT2D eigenvalue weighted by Gasteiger charge is -2.31. The molecular weight excluding hydrogens is 458 g/mol. The highest BCUT2D eigenvalue weighted by Crippen LogP contribution is 2.33. The van der Waals surface area contributed by atoms with E-state index in [1.165, 1.54) is 4.31 Å². The number of methoxy groups -OCH3 is 1. The first-order chi connectivity index (χ1) is 16.1. The van der Waals surface area contributed by atoms with Gasteiger partial charge in [-0.15, -0.1) is 0 Å². The Morgan fingerprint density at radius 3 is 2.38 bits per heavy atom. The molecule has 1 aromatic heterocycles. The molecule has 1 unspecified atom stereocenters. The summed E-state index contributed by atoms with van der Waals surface area (Å²) in [4.78, 5) is 25.6. The number of hydrogen-bond acceptors (Lipinski definition) is 6. The molecule has 3 rings (SSSR count). The summed E-state index contributed by atoms with van der Waals surface area (Å²) in [5, 5.41) is 2.86. The van der Waals surface area contributed by atoms with Gasteiger partial charge >= 0.3 is 5.97 Å². The topological polar surface area (TPSA) is 107 Å². The normalized spacial score (nSPS) is 16.8. The summed E-state index contributed by atoms with van der Waals surface area (Å²) in [5.74, 6) is -0.726. The average Bonchev–Trinajstić information content (AvgIpc) is 3.09. The molecule has 34 heavy (non-hydrogen) atoms. The van der Waals surface area contributed by atoms with Crippen LogP contribution in [-0.2, 0) is 26.1 Å². The van der Waals surface area contributed by atoms with Crippen molar-refractivity contribution >= 4 is 27.6 Å². The molecule has 2 aromatic rings. The molecule has 1 amide bonds. The number of carbonyl (C=O) groups is 2. The molecule has 0 saturated carbocycles. The largest absolute Gasteiger partial charge is 0.497 e. The molecule has 1 N–H and O–H groups in total. The Kier molecular flexibility index (Phi) is 8.04. The number of benzene rings is 1. The first-order valence-electron chi connectivity index (χ1n) is 11.5. The third-order valence-electron chi connectivity index (χ3n) is 6.23. The van der Waals surface area contributed by atoms with Crippen molar-refractivity contribution in [1.82, 2.24) is 8.87 Å². The van der Waals surface area contributed by atoms with Crippen LogP contribution in [0.1, 0.15) is 48.4 Å². The second-order valence-electron chi connectivity index (χ2n) is 8.26. The van der Waals surface area contributed by atoms with Crippen molar-refractivity contribution in [2.24, 2.45) is 5.92 Å². The molecule has 1 saturated heterocycles. The number of aromatic nitrogens is 1. The fraction of sp³-hybridized carbons (Fsp3) is 0.500. The minimum absolute atomic E-state index is 0.0264. The van der Waals surface area contributed by atoms with Crippen LogP contribution >= 0.6 is 0 Å². The van der Waals surface area contributed by atoms with E-state index in [2.05, 4.69) is 5.32 Å². The lowest BCUT2D eigenvalue weighted by atomic mass is 9.99. The number of rotatable bonds is 8. The van der Waals surface area contributed by atoms with Crippen LogP contribution in [0.3, 0.4) is 0 Å². The van der Waals surface area contributed by atoms with E-state index in [0.717, 1.165) is 0 Å². The van der Waals surface area contributed by atoms with Crippen molar-refractivity contribution in [3.8, 4) is 5.75 Å². The van der Waals surface area contributed by atoms with E-state index < -0.39 is 21.9 Å². The van der Waals surface area contributed by atoms with Gasteiger partial charge in [-0.3, -0.25) is 4.79 Å². The van der Waals surface area contributed by atoms with Crippen molar-refractivity contribution in [2.45, 2.75) is 52.0 Å². The van der Waals surface area contributed by atoms with Gasteiger partial charge in [0.15, 0.2) is 0 Å². The number of hydrogen-bond donors (Lipinski definition) is 1. The summed E-state index contributed by atoms with van der Waals surface area (Å²) in [6.07, 6.45) is 1.12. The number of carbonyl (C=O) groups excluding carboxylic acids is 2. The minimum Gasteiger partial charge on any atom is -0.497 e. The molecule has 0 radical (unpaired) electrons. The quantitative estimate of drug-likeness (QED) is 0.568. The van der Waals surface area contributed by atoms with Gasteiger partial charge in [0.25, 0.3) is 0 Å². The van der Waals surface area contributed by atoms with Crippen LogP contribution in [0.5, 0.6) is 5.75 Å². The van der Waals surface area contributed by atoms with Gasteiger partial charge in [0, 0.05) is 36.7 Å². The molecule has 9 nitrogen and oxygen atoms in total. The van der Waals surface area contributed by atoms with Crippen LogP contribution < -0.4 is 10.1 Å². The molecule has 1 fully saturated rings. The van der Waals surface area contributed by atoms with E-state index in [1.807, 2.05) is 6.92 Å². The van der Waals surface area contributed by atoms with Gasteiger partial charge < -0.3 is 19.4 Å². The molecule has 10 heteroatoms. The average molecular weight is 492 g/mol. The number of amides is 1. The predicted molar refractivity (Wildman–Crippen MR) is 129 cm³/mol. The van der Waals surface area contributed by atoms with Crippen LogP contribution in [0.4, 0.5) is 5.69 Å². The Morgan fingerprint density at radius 1 is 1.12 bits per heavy atom. The standard InChI is InChI=1S/C24H33N3O6S/c1-6-27-16(3)21(24(29)33-7-2)22(17(27)4)34(30,31)26-14-8-9-18(15-26)23(28)25-19-10-12-20(32-5)13-11-19/h10-13,18H,6-9,14-15H2,1-5H3,(H,25,28). The number of nitrogens with zero attached hydrogens (tertiary/aromatic N) is 2. The fourth-order valence-corrected chi connectivity index (χ4v) is 6.49. The molecule has 1 aliphatic rings. The second kappa shape index (κ2) is 10.6. The van der Waals surface area contributed by atoms with E-state index in [0.29, 0.717) is 42.2 Å². The zero-order chi connectivity index (χ0) is 25.0. The van der Waals surface area contributed by atoms with Crippen LogP contribution in [0.25, 0.3) is 0 Å². The molecule has 1 atom stereocenters. The van der Waals surface area contributed by atoms with Crippen LogP contribution in [-0.4, -0.2) is 56.0 Å². The third kappa shape index (κ3) is 4.97. The Morgan fingerprint density at radius 2 is 1.79 bits per heavy atom. The molecule has 0 bridgehead atoms. The first-order valence-corrected chi connectivity index (χ1v) is 12.9. The van der Waals surface area contributed by atoms with Crippen LogP contribution in [0, 0.1) is 19.8 Å². The number of nitrogens with one attached hydrogen (secondary N) is 1. The van der Waals surface area contributed by atoms with Gasteiger partial charge in [-0.2, -0.15) is 4.31 Å². The maximum atomic E-state index is 13.8. The minimum atomic E-state index is -4.03. The highest BCUT2D eigenvalue weighted by atomic mass is 32.2. The predicted octanol–water partition coefficient (Wildman–Crippen LogP) is 3.35. The molecule has 0 aliphatic carbocycles. The number of anilines is 1. The Hall–Kier alpha value is -2.85. The summed E-state index contributed by atoms with van der Waals surface area (Å²) in [7, 11) is -2.47. The highest BCUT2D eigenvalue weighted by molar-refractivity contribution is 7.89. The summed E-state index contributed by atoms with van der Waals surface area (Å²) in [5.41, 5.74) is 1.74. The SMILES string of the molecule is CCOC(=O)c1c(S(=O)(=O)N2CCCC(C(=O)Nc3ccc(OC)cc3)C2)c(C)n(CC)c1C. The van der Waals surface area contributed by atoms with Crippen molar-refractivity contribution < 1.29 is 27.5 Å². The molecule has 1 aliphatic heterocycles. The maximum Gasteiger partial charge on any atom is 0.341 e. The molecule has 1 aromatic carbocycles. The molecule has 2 heterocycles. The molecule has 186 valence electrons. The van der Waals surface area contributed by atoms with Crippen LogP contribution in [0.15, 0.2) is 29.2 Å². The number of sulfonamides is 1. The van der Waals surface area contributed by atoms with E-state index >= 15 is 0 Å². The summed E-state index contributed by atoms with van der Waals surface area (Å²) in [6, 6.07) is 6.96. The number of ether oxygens (including phenoxy) is 2. The van der Waals surface area contributed by atoms with Gasteiger partial charge in [0.1, 0.15) is 16.2 Å². The molecular formula is C24H33N3O6S. The van der Waals surface area contributed by atoms with Gasteiger partial charge in [-0.1, -0.05) is 0 Å². The first kappa shape index (κ1) is 25.8. The second-order valence-corrected chi connectivity index (χ2v) is 10.1. The summed E-state index contributed by atoms with van der Waals surface area (Å²) >= 11 is 0. The summed E-state index contributed by atoms with van der Waals surface area (Å²) in [6.45, 7) is 7.99. The zero-order valence-corrected chi connectivity index (χ0v) is 21.2. The van der Waals surface area contributed by atoms with Crippen molar-refractivity contribution in [1.29, 1.82) is 0 Å². The van der Waals surface area contributed by atoms with Crippen molar-refractivity contribution in [2.75, 3.05) is 32.1 Å². The summed E-state index contributed by atoms with van der Waals surface area (Å²) < 4.78 is 41.0. The number of piperidine rings is 1. The van der Waals surface area contributed by atoms with E-state index in [4.69, 9.17) is 9.47 Å². The van der Waals surface area contributed by atoms with Crippen LogP contribution in [0.2, 0.25) is 0 Å². The Balaban J connectivity index is 1.88. The highest BCUT2D eigenvalue weighted by Gasteiger charge is 2.39. The van der Waals surface area contributed by atoms with Crippen molar-refractivity contribution in [3.05, 3.63) is 41.2 Å². The lowest BCUT2D eigenvalue weighted by molar-refractivity contribution is -0.120. The van der Waals surface area contributed by atoms with E-state index in [-0.39, 0.29) is 36.1 Å². The van der Waals surface area contributed by atoms with E-state index in [9.17, 15) is 18.0 Å². The maximum absolute atomic E-state index is 13.8. The molecule has 0 spiro atoms. The Labute approximate surface area is 201 Å². The monoisotopic (exact) mass is 491 g/mol.